The van der Waals surface area contributed by atoms with E-state index in [0.717, 1.165) is 15.6 Å². The van der Waals surface area contributed by atoms with Crippen molar-refractivity contribution in [3.8, 4) is 0 Å². The second kappa shape index (κ2) is 8.15. The highest BCUT2D eigenvalue weighted by Gasteiger charge is 2.58. The van der Waals surface area contributed by atoms with Crippen LogP contribution in [-0.2, 0) is 15.6 Å². The van der Waals surface area contributed by atoms with E-state index >= 15 is 0 Å². The number of aliphatic hydroxyl groups excluding tert-OH is 1. The van der Waals surface area contributed by atoms with Gasteiger partial charge in [-0.3, -0.25) is 4.79 Å². The molecule has 1 amide bonds. The van der Waals surface area contributed by atoms with E-state index in [1.807, 2.05) is 47.4 Å². The lowest BCUT2D eigenvalue weighted by molar-refractivity contribution is -0.126. The summed E-state index contributed by atoms with van der Waals surface area (Å²) in [6.07, 6.45) is 1.07. The molecule has 0 bridgehead atoms. The molecular formula is C26H32BrNO3Si. The maximum atomic E-state index is 13.6. The average molecular weight is 515 g/mol. The van der Waals surface area contributed by atoms with Crippen molar-refractivity contribution in [1.29, 1.82) is 0 Å². The standard InChI is InChI=1S/C26H32BrNO3Si/c1-25(2,3)32(4,5)31-21-16-26(15-18-11-13-20(27)14-12-18)23(29)22(24(30)28(26)17-21)19-9-7-6-8-10-19/h6-14,21,29H,15-17H2,1-5H3. The number of hydrogen-bond acceptors (Lipinski definition) is 3. The van der Waals surface area contributed by atoms with E-state index < -0.39 is 13.9 Å². The highest BCUT2D eigenvalue weighted by atomic mass is 79.9. The van der Waals surface area contributed by atoms with Gasteiger partial charge in [0.2, 0.25) is 0 Å². The molecule has 170 valence electrons. The number of halogens is 1. The number of aliphatic hydroxyl groups is 1. The van der Waals surface area contributed by atoms with Gasteiger partial charge in [-0.15, -0.1) is 0 Å². The average Bonchev–Trinajstić information content (AvgIpc) is 3.16. The van der Waals surface area contributed by atoms with Gasteiger partial charge in [0.05, 0.1) is 11.7 Å². The van der Waals surface area contributed by atoms with Gasteiger partial charge in [0, 0.05) is 23.9 Å². The molecule has 2 heterocycles. The second-order valence-corrected chi connectivity index (χ2v) is 16.2. The first-order chi connectivity index (χ1) is 14.9. The summed E-state index contributed by atoms with van der Waals surface area (Å²) in [7, 11) is -2.02. The Balaban J connectivity index is 1.74. The minimum Gasteiger partial charge on any atom is -0.509 e. The smallest absolute Gasteiger partial charge is 0.258 e. The summed E-state index contributed by atoms with van der Waals surface area (Å²) < 4.78 is 7.73. The number of carbonyl (C=O) groups excluding carboxylic acids is 1. The molecule has 1 fully saturated rings. The highest BCUT2D eigenvalue weighted by Crippen LogP contribution is 2.49. The lowest BCUT2D eigenvalue weighted by Gasteiger charge is -2.38. The monoisotopic (exact) mass is 513 g/mol. The van der Waals surface area contributed by atoms with E-state index in [-0.39, 0.29) is 22.8 Å². The minimum absolute atomic E-state index is 0.0794. The van der Waals surface area contributed by atoms with E-state index in [4.69, 9.17) is 4.43 Å². The van der Waals surface area contributed by atoms with Crippen molar-refractivity contribution in [3.05, 3.63) is 76.0 Å². The van der Waals surface area contributed by atoms with Crippen LogP contribution in [0.3, 0.4) is 0 Å². The molecular weight excluding hydrogens is 482 g/mol. The van der Waals surface area contributed by atoms with Crippen molar-refractivity contribution in [2.75, 3.05) is 6.54 Å². The number of benzene rings is 2. The fourth-order valence-electron chi connectivity index (χ4n) is 4.63. The van der Waals surface area contributed by atoms with Crippen LogP contribution in [-0.4, -0.2) is 42.4 Å². The van der Waals surface area contributed by atoms with Crippen molar-refractivity contribution < 1.29 is 14.3 Å². The molecule has 1 saturated heterocycles. The number of fused-ring (bicyclic) bond motifs is 1. The molecule has 0 aromatic heterocycles. The van der Waals surface area contributed by atoms with Crippen molar-refractivity contribution in [1.82, 2.24) is 4.90 Å². The molecule has 6 heteroatoms. The van der Waals surface area contributed by atoms with Gasteiger partial charge >= 0.3 is 0 Å². The number of hydrogen-bond donors (Lipinski definition) is 1. The maximum absolute atomic E-state index is 13.6. The van der Waals surface area contributed by atoms with Gasteiger partial charge in [0.25, 0.3) is 5.91 Å². The molecule has 2 aromatic carbocycles. The van der Waals surface area contributed by atoms with Gasteiger partial charge in [0.1, 0.15) is 11.3 Å². The normalized spacial score (nSPS) is 23.8. The quantitative estimate of drug-likeness (QED) is 0.474. The number of rotatable bonds is 5. The van der Waals surface area contributed by atoms with Crippen LogP contribution in [0.4, 0.5) is 0 Å². The largest absolute Gasteiger partial charge is 0.509 e. The van der Waals surface area contributed by atoms with E-state index in [1.165, 1.54) is 0 Å². The number of carbonyl (C=O) groups is 1. The summed E-state index contributed by atoms with van der Waals surface area (Å²) in [6.45, 7) is 11.7. The second-order valence-electron chi connectivity index (χ2n) is 10.5. The van der Waals surface area contributed by atoms with Gasteiger partial charge in [-0.2, -0.15) is 0 Å². The van der Waals surface area contributed by atoms with Crippen LogP contribution in [0.25, 0.3) is 5.57 Å². The molecule has 0 saturated carbocycles. The molecule has 2 unspecified atom stereocenters. The zero-order chi connectivity index (χ0) is 23.3. The summed E-state index contributed by atoms with van der Waals surface area (Å²) >= 11 is 3.50. The number of nitrogens with zero attached hydrogens (tertiary/aromatic N) is 1. The van der Waals surface area contributed by atoms with Gasteiger partial charge < -0.3 is 14.4 Å². The molecule has 2 aliphatic rings. The Kier molecular flexibility index (Phi) is 5.93. The zero-order valence-corrected chi connectivity index (χ0v) is 22.1. The van der Waals surface area contributed by atoms with Crippen molar-refractivity contribution in [3.63, 3.8) is 0 Å². The van der Waals surface area contributed by atoms with E-state index in [0.29, 0.717) is 25.0 Å². The van der Waals surface area contributed by atoms with E-state index in [2.05, 4.69) is 61.9 Å². The first kappa shape index (κ1) is 23.3. The molecule has 0 aliphatic carbocycles. The Morgan fingerprint density at radius 1 is 1.12 bits per heavy atom. The van der Waals surface area contributed by atoms with Crippen LogP contribution in [0.1, 0.15) is 38.3 Å². The first-order valence-electron chi connectivity index (χ1n) is 11.2. The van der Waals surface area contributed by atoms with E-state index in [9.17, 15) is 9.90 Å². The Morgan fingerprint density at radius 2 is 1.75 bits per heavy atom. The molecule has 4 nitrogen and oxygen atoms in total. The molecule has 4 rings (SSSR count). The van der Waals surface area contributed by atoms with Crippen molar-refractivity contribution in [2.45, 2.75) is 63.4 Å². The molecule has 2 atom stereocenters. The fraction of sp³-hybridized carbons (Fsp3) is 0.423. The third-order valence-corrected chi connectivity index (χ3v) is 12.4. The molecule has 0 radical (unpaired) electrons. The Labute approximate surface area is 200 Å². The summed E-state index contributed by atoms with van der Waals surface area (Å²) in [5.41, 5.74) is 1.50. The van der Waals surface area contributed by atoms with Gasteiger partial charge in [0.15, 0.2) is 8.32 Å². The minimum atomic E-state index is -2.02. The molecule has 0 spiro atoms. The van der Waals surface area contributed by atoms with Crippen LogP contribution in [0, 0.1) is 0 Å². The molecule has 32 heavy (non-hydrogen) atoms. The lowest BCUT2D eigenvalue weighted by Crippen LogP contribution is -2.45. The molecule has 2 aliphatic heterocycles. The van der Waals surface area contributed by atoms with Crippen LogP contribution in [0.2, 0.25) is 18.1 Å². The maximum Gasteiger partial charge on any atom is 0.258 e. The predicted octanol–water partition coefficient (Wildman–Crippen LogP) is 6.34. The summed E-state index contributed by atoms with van der Waals surface area (Å²) in [5.74, 6) is 0.0742. The lowest BCUT2D eigenvalue weighted by atomic mass is 9.85. The Hall–Kier alpha value is -1.89. The topological polar surface area (TPSA) is 49.8 Å². The first-order valence-corrected chi connectivity index (χ1v) is 14.9. The summed E-state index contributed by atoms with van der Waals surface area (Å²) in [6, 6.07) is 17.6. The third-order valence-electron chi connectivity index (χ3n) is 7.34. The fourth-order valence-corrected chi connectivity index (χ4v) is 6.24. The summed E-state index contributed by atoms with van der Waals surface area (Å²) in [5, 5.41) is 11.7. The van der Waals surface area contributed by atoms with Crippen LogP contribution in [0.5, 0.6) is 0 Å². The highest BCUT2D eigenvalue weighted by molar-refractivity contribution is 9.10. The van der Waals surface area contributed by atoms with Gasteiger partial charge in [-0.05, 0) is 41.4 Å². The van der Waals surface area contributed by atoms with Crippen molar-refractivity contribution >= 4 is 35.7 Å². The van der Waals surface area contributed by atoms with Crippen LogP contribution < -0.4 is 0 Å². The third kappa shape index (κ3) is 3.97. The Morgan fingerprint density at radius 3 is 2.34 bits per heavy atom. The van der Waals surface area contributed by atoms with Crippen LogP contribution >= 0.6 is 15.9 Å². The van der Waals surface area contributed by atoms with Crippen LogP contribution in [0.15, 0.2) is 64.8 Å². The Bertz CT molecular complexity index is 1040. The molecule has 1 N–H and O–H groups in total. The van der Waals surface area contributed by atoms with E-state index in [1.54, 1.807) is 0 Å². The molecule has 2 aromatic rings. The van der Waals surface area contributed by atoms with Crippen molar-refractivity contribution in [2.24, 2.45) is 0 Å². The predicted molar refractivity (Wildman–Crippen MR) is 135 cm³/mol. The van der Waals surface area contributed by atoms with Gasteiger partial charge in [-0.25, -0.2) is 0 Å². The zero-order valence-electron chi connectivity index (χ0n) is 19.5. The number of amides is 1. The SMILES string of the molecule is CC(C)(C)[Si](C)(C)OC1CN2C(=O)C(c3ccccc3)=C(O)C2(Cc2ccc(Br)cc2)C1. The van der Waals surface area contributed by atoms with Gasteiger partial charge in [-0.1, -0.05) is 79.2 Å². The summed E-state index contributed by atoms with van der Waals surface area (Å²) in [4.78, 5) is 15.5.